The first-order valence-electron chi connectivity index (χ1n) is 7.98. The van der Waals surface area contributed by atoms with Crippen molar-refractivity contribution in [2.45, 2.75) is 13.8 Å². The van der Waals surface area contributed by atoms with Gasteiger partial charge in [0, 0.05) is 6.07 Å². The number of furan rings is 1. The second kappa shape index (κ2) is 7.56. The third-order valence-corrected chi connectivity index (χ3v) is 3.48. The van der Waals surface area contributed by atoms with Gasteiger partial charge >= 0.3 is 0 Å². The number of rotatable bonds is 6. The zero-order valence-corrected chi connectivity index (χ0v) is 14.3. The average Bonchev–Trinajstić information content (AvgIpc) is 3.27. The lowest BCUT2D eigenvalue weighted by Crippen LogP contribution is -2.18. The maximum absolute atomic E-state index is 12.1. The lowest BCUT2D eigenvalue weighted by molar-refractivity contribution is 0.0950. The van der Waals surface area contributed by atoms with Crippen molar-refractivity contribution in [2.24, 2.45) is 5.10 Å². The molecule has 3 rings (SSSR count). The first-order chi connectivity index (χ1) is 12.6. The highest BCUT2D eigenvalue weighted by atomic mass is 16.5. The van der Waals surface area contributed by atoms with Gasteiger partial charge in [0.25, 0.3) is 5.91 Å². The molecule has 3 aromatic rings. The molecule has 134 valence electrons. The standard InChI is InChI=1S/C18H18N4O4/c1-3-25-17-8-12(5-6-15(17)23)10-19-22-18(24)14-9-13(20-21-14)16-7-4-11(2)26-16/h4-10,23H,3H2,1-2H3,(H,20,21)(H,22,24). The highest BCUT2D eigenvalue weighted by molar-refractivity contribution is 5.94. The van der Waals surface area contributed by atoms with E-state index in [4.69, 9.17) is 9.15 Å². The maximum atomic E-state index is 12.1. The number of hydrogen-bond donors (Lipinski definition) is 3. The first-order valence-corrected chi connectivity index (χ1v) is 7.98. The van der Waals surface area contributed by atoms with Gasteiger partial charge in [0.2, 0.25) is 0 Å². The summed E-state index contributed by atoms with van der Waals surface area (Å²) in [4.78, 5) is 12.1. The van der Waals surface area contributed by atoms with Crippen LogP contribution in [0, 0.1) is 6.92 Å². The molecule has 1 aromatic carbocycles. The summed E-state index contributed by atoms with van der Waals surface area (Å²) >= 11 is 0. The van der Waals surface area contributed by atoms with Crippen molar-refractivity contribution in [3.63, 3.8) is 0 Å². The number of carbonyl (C=O) groups excluding carboxylic acids is 1. The molecular formula is C18H18N4O4. The SMILES string of the molecule is CCOc1cc(C=NNC(=O)c2cc(-c3ccc(C)o3)[nH]n2)ccc1O. The molecule has 3 N–H and O–H groups in total. The average molecular weight is 354 g/mol. The van der Waals surface area contributed by atoms with Crippen LogP contribution in [0.2, 0.25) is 0 Å². The number of aromatic amines is 1. The van der Waals surface area contributed by atoms with E-state index in [1.165, 1.54) is 12.3 Å². The van der Waals surface area contributed by atoms with Gasteiger partial charge in [-0.2, -0.15) is 10.2 Å². The normalized spacial score (nSPS) is 11.0. The number of ether oxygens (including phenoxy) is 1. The minimum atomic E-state index is -0.462. The van der Waals surface area contributed by atoms with Gasteiger partial charge in [-0.3, -0.25) is 9.89 Å². The molecule has 0 aliphatic rings. The van der Waals surface area contributed by atoms with Gasteiger partial charge in [-0.25, -0.2) is 5.43 Å². The third kappa shape index (κ3) is 3.92. The van der Waals surface area contributed by atoms with Crippen molar-refractivity contribution in [1.29, 1.82) is 0 Å². The molecule has 8 heteroatoms. The zero-order valence-electron chi connectivity index (χ0n) is 14.3. The Bertz CT molecular complexity index is 942. The second-order valence-corrected chi connectivity index (χ2v) is 5.44. The van der Waals surface area contributed by atoms with Crippen molar-refractivity contribution in [2.75, 3.05) is 6.61 Å². The molecule has 1 amide bonds. The molecule has 0 atom stereocenters. The zero-order chi connectivity index (χ0) is 18.5. The van der Waals surface area contributed by atoms with E-state index in [0.29, 0.717) is 29.4 Å². The Labute approximate surface area is 149 Å². The van der Waals surface area contributed by atoms with Gasteiger partial charge in [0.15, 0.2) is 23.0 Å². The molecule has 26 heavy (non-hydrogen) atoms. The Balaban J connectivity index is 1.64. The molecule has 0 radical (unpaired) electrons. The van der Waals surface area contributed by atoms with E-state index in [0.717, 1.165) is 5.76 Å². The van der Waals surface area contributed by atoms with E-state index >= 15 is 0 Å². The fourth-order valence-corrected chi connectivity index (χ4v) is 2.25. The fourth-order valence-electron chi connectivity index (χ4n) is 2.25. The molecular weight excluding hydrogens is 336 g/mol. The van der Waals surface area contributed by atoms with Crippen LogP contribution in [0.3, 0.4) is 0 Å². The molecule has 0 spiro atoms. The predicted octanol–water partition coefficient (Wildman–Crippen LogP) is 2.85. The minimum absolute atomic E-state index is 0.0465. The summed E-state index contributed by atoms with van der Waals surface area (Å²) in [5, 5.41) is 20.3. The summed E-state index contributed by atoms with van der Waals surface area (Å²) in [7, 11) is 0. The third-order valence-electron chi connectivity index (χ3n) is 3.48. The summed E-state index contributed by atoms with van der Waals surface area (Å²) < 4.78 is 10.8. The molecule has 0 aliphatic carbocycles. The Morgan fingerprint density at radius 2 is 2.23 bits per heavy atom. The number of benzene rings is 1. The maximum Gasteiger partial charge on any atom is 0.291 e. The first kappa shape index (κ1) is 17.3. The molecule has 0 unspecified atom stereocenters. The van der Waals surface area contributed by atoms with Crippen LogP contribution in [0.1, 0.15) is 28.7 Å². The molecule has 2 aromatic heterocycles. The predicted molar refractivity (Wildman–Crippen MR) is 95.4 cm³/mol. The van der Waals surface area contributed by atoms with Gasteiger partial charge in [0.05, 0.1) is 12.8 Å². The minimum Gasteiger partial charge on any atom is -0.504 e. The largest absolute Gasteiger partial charge is 0.504 e. The number of hydrogen-bond acceptors (Lipinski definition) is 6. The summed E-state index contributed by atoms with van der Waals surface area (Å²) in [6.07, 6.45) is 1.45. The number of H-pyrrole nitrogens is 1. The summed E-state index contributed by atoms with van der Waals surface area (Å²) in [5.41, 5.74) is 3.86. The van der Waals surface area contributed by atoms with Crippen LogP contribution >= 0.6 is 0 Å². The topological polar surface area (TPSA) is 113 Å². The van der Waals surface area contributed by atoms with Crippen molar-refractivity contribution < 1.29 is 19.1 Å². The highest BCUT2D eigenvalue weighted by Gasteiger charge is 2.12. The molecule has 0 fully saturated rings. The van der Waals surface area contributed by atoms with Crippen LogP contribution in [0.15, 0.2) is 45.9 Å². The highest BCUT2D eigenvalue weighted by Crippen LogP contribution is 2.26. The van der Waals surface area contributed by atoms with Gasteiger partial charge < -0.3 is 14.3 Å². The number of aromatic hydroxyl groups is 1. The van der Waals surface area contributed by atoms with Gasteiger partial charge in [-0.15, -0.1) is 0 Å². The number of amides is 1. The van der Waals surface area contributed by atoms with Crippen LogP contribution in [0.5, 0.6) is 11.5 Å². The Kier molecular flexibility index (Phi) is 5.02. The van der Waals surface area contributed by atoms with E-state index in [2.05, 4.69) is 20.7 Å². The fraction of sp³-hybridized carbons (Fsp3) is 0.167. The lowest BCUT2D eigenvalue weighted by atomic mass is 10.2. The number of phenolic OH excluding ortho intramolecular Hbond substituents is 1. The van der Waals surface area contributed by atoms with Crippen LogP contribution in [0.4, 0.5) is 0 Å². The number of phenols is 1. The molecule has 0 saturated heterocycles. The van der Waals surface area contributed by atoms with Gasteiger partial charge in [-0.05, 0) is 49.7 Å². The number of hydrazone groups is 1. The molecule has 0 bridgehead atoms. The second-order valence-electron chi connectivity index (χ2n) is 5.44. The smallest absolute Gasteiger partial charge is 0.291 e. The van der Waals surface area contributed by atoms with Crippen molar-refractivity contribution >= 4 is 12.1 Å². The molecule has 0 saturated carbocycles. The lowest BCUT2D eigenvalue weighted by Gasteiger charge is -2.05. The summed E-state index contributed by atoms with van der Waals surface area (Å²) in [6.45, 7) is 4.09. The van der Waals surface area contributed by atoms with E-state index in [1.807, 2.05) is 19.9 Å². The van der Waals surface area contributed by atoms with Gasteiger partial charge in [0.1, 0.15) is 11.5 Å². The number of aromatic nitrogens is 2. The van der Waals surface area contributed by atoms with Crippen molar-refractivity contribution in [1.82, 2.24) is 15.6 Å². The van der Waals surface area contributed by atoms with E-state index in [-0.39, 0.29) is 11.4 Å². The quantitative estimate of drug-likeness (QED) is 0.465. The van der Waals surface area contributed by atoms with Crippen molar-refractivity contribution in [3.8, 4) is 23.0 Å². The van der Waals surface area contributed by atoms with Crippen LogP contribution in [-0.2, 0) is 0 Å². The van der Waals surface area contributed by atoms with Crippen LogP contribution < -0.4 is 10.2 Å². The number of nitrogens with zero attached hydrogens (tertiary/aromatic N) is 2. The number of carbonyl (C=O) groups is 1. The summed E-state index contributed by atoms with van der Waals surface area (Å²) in [5.74, 6) is 1.31. The molecule has 8 nitrogen and oxygen atoms in total. The Hall–Kier alpha value is -3.55. The van der Waals surface area contributed by atoms with Crippen LogP contribution in [-0.4, -0.2) is 34.0 Å². The van der Waals surface area contributed by atoms with E-state index in [1.54, 1.807) is 24.3 Å². The Morgan fingerprint density at radius 1 is 1.38 bits per heavy atom. The van der Waals surface area contributed by atoms with Crippen molar-refractivity contribution in [3.05, 3.63) is 53.4 Å². The van der Waals surface area contributed by atoms with Crippen LogP contribution in [0.25, 0.3) is 11.5 Å². The number of aryl methyl sites for hydroxylation is 1. The monoisotopic (exact) mass is 354 g/mol. The Morgan fingerprint density at radius 3 is 2.96 bits per heavy atom. The van der Waals surface area contributed by atoms with E-state index in [9.17, 15) is 9.90 Å². The molecule has 0 aliphatic heterocycles. The van der Waals surface area contributed by atoms with E-state index < -0.39 is 5.91 Å². The number of nitrogens with one attached hydrogen (secondary N) is 2. The van der Waals surface area contributed by atoms with Gasteiger partial charge in [-0.1, -0.05) is 0 Å². The summed E-state index contributed by atoms with van der Waals surface area (Å²) in [6, 6.07) is 9.98. The molecule has 2 heterocycles.